The molecule has 0 atom stereocenters. The van der Waals surface area contributed by atoms with E-state index in [4.69, 9.17) is 4.74 Å². The zero-order valence-electron chi connectivity index (χ0n) is 20.3. The van der Waals surface area contributed by atoms with Crippen LogP contribution in [0.25, 0.3) is 11.1 Å². The third-order valence-electron chi connectivity index (χ3n) is 7.36. The summed E-state index contributed by atoms with van der Waals surface area (Å²) in [5.41, 5.74) is 1.95. The Hall–Kier alpha value is -2.58. The van der Waals surface area contributed by atoms with Crippen molar-refractivity contribution in [3.63, 3.8) is 0 Å². The van der Waals surface area contributed by atoms with Crippen LogP contribution >= 0.6 is 0 Å². The van der Waals surface area contributed by atoms with Gasteiger partial charge in [0.2, 0.25) is 5.91 Å². The molecule has 0 spiro atoms. The summed E-state index contributed by atoms with van der Waals surface area (Å²) in [6.45, 7) is 3.12. The van der Waals surface area contributed by atoms with E-state index in [-0.39, 0.29) is 17.7 Å². The molecule has 2 fully saturated rings. The van der Waals surface area contributed by atoms with Gasteiger partial charge in [0.05, 0.1) is 5.41 Å². The Morgan fingerprint density at radius 2 is 1.74 bits per heavy atom. The van der Waals surface area contributed by atoms with E-state index in [0.717, 1.165) is 37.1 Å². The van der Waals surface area contributed by atoms with E-state index in [1.54, 1.807) is 12.1 Å². The number of alkyl halides is 3. The van der Waals surface area contributed by atoms with Gasteiger partial charge in [0.1, 0.15) is 5.75 Å². The second-order valence-electron chi connectivity index (χ2n) is 9.79. The average molecular weight is 491 g/mol. The van der Waals surface area contributed by atoms with Crippen LogP contribution < -0.4 is 4.74 Å². The lowest BCUT2D eigenvalue weighted by molar-refractivity contribution is -0.274. The molecular formula is C27H33F3N2O3. The van der Waals surface area contributed by atoms with Gasteiger partial charge in [-0.1, -0.05) is 36.4 Å². The van der Waals surface area contributed by atoms with Crippen molar-refractivity contribution in [1.29, 1.82) is 0 Å². The Balaban J connectivity index is 1.50. The smallest absolute Gasteiger partial charge is 0.406 e. The van der Waals surface area contributed by atoms with Crippen LogP contribution in [0.2, 0.25) is 0 Å². The molecule has 0 saturated carbocycles. The van der Waals surface area contributed by atoms with Crippen LogP contribution in [0.5, 0.6) is 5.75 Å². The van der Waals surface area contributed by atoms with Gasteiger partial charge >= 0.3 is 6.36 Å². The number of carbonyl (C=O) groups is 1. The molecule has 2 aliphatic heterocycles. The molecule has 2 aliphatic rings. The number of carbonyl (C=O) groups excluding carboxylic acids is 1. The zero-order chi connectivity index (χ0) is 25.1. The average Bonchev–Trinajstić information content (AvgIpc) is 2.84. The van der Waals surface area contributed by atoms with Crippen molar-refractivity contribution in [2.75, 3.05) is 40.4 Å². The van der Waals surface area contributed by atoms with E-state index >= 15 is 0 Å². The number of likely N-dealkylation sites (tertiary alicyclic amines) is 1. The summed E-state index contributed by atoms with van der Waals surface area (Å²) in [6.07, 6.45) is -0.783. The maximum atomic E-state index is 13.8. The molecule has 4 rings (SSSR count). The minimum Gasteiger partial charge on any atom is -0.406 e. The Bertz CT molecular complexity index is 995. The molecule has 5 nitrogen and oxygen atoms in total. The Kier molecular flexibility index (Phi) is 7.71. The number of benzene rings is 2. The SMILES string of the molecule is CN1CCC(N(C)C(=O)C2(Cc3ccc(-c4cccc(OC(F)(F)F)c4)cc3)CCOCC2)CC1. The van der Waals surface area contributed by atoms with Crippen molar-refractivity contribution in [3.8, 4) is 16.9 Å². The van der Waals surface area contributed by atoms with Crippen molar-refractivity contribution in [2.24, 2.45) is 5.41 Å². The van der Waals surface area contributed by atoms with E-state index < -0.39 is 11.8 Å². The molecule has 0 aliphatic carbocycles. The fraction of sp³-hybridized carbons (Fsp3) is 0.519. The number of piperidine rings is 1. The van der Waals surface area contributed by atoms with Gasteiger partial charge in [-0.15, -0.1) is 13.2 Å². The van der Waals surface area contributed by atoms with Crippen LogP contribution in [-0.4, -0.2) is 68.5 Å². The number of halogens is 3. The van der Waals surface area contributed by atoms with Gasteiger partial charge in [-0.3, -0.25) is 4.79 Å². The first-order chi connectivity index (χ1) is 16.7. The normalized spacial score (nSPS) is 19.3. The minimum atomic E-state index is -4.73. The predicted octanol–water partition coefficient (Wildman–Crippen LogP) is 5.14. The summed E-state index contributed by atoms with van der Waals surface area (Å²) in [5, 5.41) is 0. The third-order valence-corrected chi connectivity index (χ3v) is 7.36. The Morgan fingerprint density at radius 1 is 1.09 bits per heavy atom. The molecule has 35 heavy (non-hydrogen) atoms. The van der Waals surface area contributed by atoms with Gasteiger partial charge in [-0.2, -0.15) is 0 Å². The topological polar surface area (TPSA) is 42.0 Å². The monoisotopic (exact) mass is 490 g/mol. The first kappa shape index (κ1) is 25.5. The molecule has 0 unspecified atom stereocenters. The molecular weight excluding hydrogens is 457 g/mol. The molecule has 0 N–H and O–H groups in total. The lowest BCUT2D eigenvalue weighted by atomic mass is 9.73. The lowest BCUT2D eigenvalue weighted by Gasteiger charge is -2.43. The van der Waals surface area contributed by atoms with E-state index in [2.05, 4.69) is 16.7 Å². The summed E-state index contributed by atoms with van der Waals surface area (Å²) in [7, 11) is 4.05. The third kappa shape index (κ3) is 6.35. The van der Waals surface area contributed by atoms with Gasteiger partial charge in [0.15, 0.2) is 0 Å². The maximum Gasteiger partial charge on any atom is 0.573 e. The maximum absolute atomic E-state index is 13.8. The largest absolute Gasteiger partial charge is 0.573 e. The predicted molar refractivity (Wildman–Crippen MR) is 128 cm³/mol. The first-order valence-electron chi connectivity index (χ1n) is 12.1. The van der Waals surface area contributed by atoms with E-state index in [1.807, 2.05) is 36.2 Å². The van der Waals surface area contributed by atoms with Gasteiger partial charge in [-0.05, 0) is 81.1 Å². The number of rotatable bonds is 6. The summed E-state index contributed by atoms with van der Waals surface area (Å²) >= 11 is 0. The highest BCUT2D eigenvalue weighted by Crippen LogP contribution is 2.38. The highest BCUT2D eigenvalue weighted by Gasteiger charge is 2.43. The first-order valence-corrected chi connectivity index (χ1v) is 12.1. The van der Waals surface area contributed by atoms with Crippen molar-refractivity contribution >= 4 is 5.91 Å². The fourth-order valence-electron chi connectivity index (χ4n) is 5.23. The van der Waals surface area contributed by atoms with Crippen LogP contribution in [0.4, 0.5) is 13.2 Å². The molecule has 0 bridgehead atoms. The summed E-state index contributed by atoms with van der Waals surface area (Å²) in [6, 6.07) is 13.9. The molecule has 0 radical (unpaired) electrons. The van der Waals surface area contributed by atoms with E-state index in [1.165, 1.54) is 12.1 Å². The molecule has 190 valence electrons. The number of hydrogen-bond acceptors (Lipinski definition) is 4. The molecule has 8 heteroatoms. The van der Waals surface area contributed by atoms with E-state index in [0.29, 0.717) is 38.0 Å². The second kappa shape index (κ2) is 10.6. The summed E-state index contributed by atoms with van der Waals surface area (Å²) in [5.74, 6) is -0.0563. The van der Waals surface area contributed by atoms with Crippen molar-refractivity contribution in [1.82, 2.24) is 9.80 Å². The second-order valence-corrected chi connectivity index (χ2v) is 9.79. The molecule has 2 heterocycles. The minimum absolute atomic E-state index is 0.191. The van der Waals surface area contributed by atoms with Crippen molar-refractivity contribution < 1.29 is 27.4 Å². The highest BCUT2D eigenvalue weighted by molar-refractivity contribution is 5.83. The fourth-order valence-corrected chi connectivity index (χ4v) is 5.23. The van der Waals surface area contributed by atoms with Crippen molar-refractivity contribution in [2.45, 2.75) is 44.5 Å². The van der Waals surface area contributed by atoms with Crippen LogP contribution in [0.1, 0.15) is 31.2 Å². The molecule has 2 aromatic rings. The number of amides is 1. The van der Waals surface area contributed by atoms with Gasteiger partial charge in [0.25, 0.3) is 0 Å². The molecule has 2 saturated heterocycles. The molecule has 2 aromatic carbocycles. The zero-order valence-corrected chi connectivity index (χ0v) is 20.3. The van der Waals surface area contributed by atoms with Crippen LogP contribution in [-0.2, 0) is 16.0 Å². The summed E-state index contributed by atoms with van der Waals surface area (Å²) < 4.78 is 47.4. The number of nitrogens with zero attached hydrogens (tertiary/aromatic N) is 2. The molecule has 1 amide bonds. The standard InChI is InChI=1S/C27H33F3N2O3/c1-31-14-10-23(11-15-31)32(2)25(33)26(12-16-34-17-13-26)19-20-6-8-21(9-7-20)22-4-3-5-24(18-22)35-27(28,29)30/h3-9,18,23H,10-17,19H2,1-2H3. The van der Waals surface area contributed by atoms with Crippen LogP contribution in [0.15, 0.2) is 48.5 Å². The Morgan fingerprint density at radius 3 is 2.37 bits per heavy atom. The lowest BCUT2D eigenvalue weighted by Crippen LogP contribution is -2.52. The van der Waals surface area contributed by atoms with Crippen LogP contribution in [0, 0.1) is 5.41 Å². The van der Waals surface area contributed by atoms with Gasteiger partial charge in [-0.25, -0.2) is 0 Å². The van der Waals surface area contributed by atoms with E-state index in [9.17, 15) is 18.0 Å². The van der Waals surface area contributed by atoms with Crippen LogP contribution in [0.3, 0.4) is 0 Å². The van der Waals surface area contributed by atoms with Gasteiger partial charge in [0, 0.05) is 26.3 Å². The van der Waals surface area contributed by atoms with Gasteiger partial charge < -0.3 is 19.3 Å². The quantitative estimate of drug-likeness (QED) is 0.562. The summed E-state index contributed by atoms with van der Waals surface area (Å²) in [4.78, 5) is 18.1. The Labute approximate surface area is 204 Å². The number of ether oxygens (including phenoxy) is 2. The number of hydrogen-bond donors (Lipinski definition) is 0. The molecule has 0 aromatic heterocycles. The van der Waals surface area contributed by atoms with Crippen molar-refractivity contribution in [3.05, 3.63) is 54.1 Å². The highest BCUT2D eigenvalue weighted by atomic mass is 19.4.